The number of hydrogen-bond acceptors (Lipinski definition) is 3. The fourth-order valence-corrected chi connectivity index (χ4v) is 5.44. The molecule has 2 amide bonds. The molecule has 0 atom stereocenters. The Labute approximate surface area is 191 Å². The maximum absolute atomic E-state index is 13.3. The van der Waals surface area contributed by atoms with E-state index in [2.05, 4.69) is 35.3 Å². The molecule has 1 aliphatic heterocycles. The molecule has 2 heterocycles. The maximum atomic E-state index is 13.3. The zero-order chi connectivity index (χ0) is 22.6. The van der Waals surface area contributed by atoms with Crippen LogP contribution in [-0.2, 0) is 16.0 Å². The third-order valence-corrected chi connectivity index (χ3v) is 7.34. The molecule has 2 aliphatic rings. The molecule has 1 saturated carbocycles. The molecule has 2 fully saturated rings. The van der Waals surface area contributed by atoms with Gasteiger partial charge < -0.3 is 9.80 Å². The minimum atomic E-state index is -0.442. The smallest absolute Gasteiger partial charge is 0.228 e. The highest BCUT2D eigenvalue weighted by molar-refractivity contribution is 5.84. The average molecular weight is 434 g/mol. The van der Waals surface area contributed by atoms with Gasteiger partial charge in [0.2, 0.25) is 11.8 Å². The molecule has 5 heteroatoms. The van der Waals surface area contributed by atoms with E-state index in [-0.39, 0.29) is 11.8 Å². The Morgan fingerprint density at radius 1 is 1.00 bits per heavy atom. The second kappa shape index (κ2) is 9.85. The SMILES string of the molecule is CN(C)C(=O)C1(Cc2ccc(-c3cccnc3)cc2)CCN(C(=O)C2CCCCC2)CC1. The summed E-state index contributed by atoms with van der Waals surface area (Å²) >= 11 is 0. The van der Waals surface area contributed by atoms with Crippen LogP contribution in [0.1, 0.15) is 50.5 Å². The van der Waals surface area contributed by atoms with Crippen molar-refractivity contribution in [3.8, 4) is 11.1 Å². The van der Waals surface area contributed by atoms with Gasteiger partial charge in [-0.3, -0.25) is 14.6 Å². The van der Waals surface area contributed by atoms with Crippen molar-refractivity contribution in [3.05, 3.63) is 54.4 Å². The number of likely N-dealkylation sites (tertiary alicyclic amines) is 1. The van der Waals surface area contributed by atoms with E-state index in [1.54, 1.807) is 11.1 Å². The van der Waals surface area contributed by atoms with E-state index in [9.17, 15) is 9.59 Å². The van der Waals surface area contributed by atoms with Crippen molar-refractivity contribution in [3.63, 3.8) is 0 Å². The quantitative estimate of drug-likeness (QED) is 0.694. The molecule has 0 N–H and O–H groups in total. The van der Waals surface area contributed by atoms with Gasteiger partial charge in [-0.2, -0.15) is 0 Å². The fraction of sp³-hybridized carbons (Fsp3) is 0.519. The number of amides is 2. The Morgan fingerprint density at radius 2 is 1.69 bits per heavy atom. The van der Waals surface area contributed by atoms with E-state index in [4.69, 9.17) is 0 Å². The molecule has 1 saturated heterocycles. The first kappa shape index (κ1) is 22.5. The van der Waals surface area contributed by atoms with Crippen LogP contribution in [0.15, 0.2) is 48.8 Å². The predicted octanol–water partition coefficient (Wildman–Crippen LogP) is 4.57. The summed E-state index contributed by atoms with van der Waals surface area (Å²) in [5.74, 6) is 0.691. The Kier molecular flexibility index (Phi) is 6.92. The second-order valence-electron chi connectivity index (χ2n) is 9.76. The number of rotatable bonds is 5. The van der Waals surface area contributed by atoms with Gasteiger partial charge in [-0.25, -0.2) is 0 Å². The summed E-state index contributed by atoms with van der Waals surface area (Å²) in [5.41, 5.74) is 2.94. The van der Waals surface area contributed by atoms with Gasteiger partial charge in [-0.1, -0.05) is 49.6 Å². The van der Waals surface area contributed by atoms with Crippen LogP contribution in [0.5, 0.6) is 0 Å². The standard InChI is InChI=1S/C27H35N3O2/c1-29(2)26(32)27(14-17-30(18-15-27)25(31)23-7-4-3-5-8-23)19-21-10-12-22(13-11-21)24-9-6-16-28-20-24/h6,9-13,16,20,23H,3-5,7-8,14-15,17-19H2,1-2H3. The van der Waals surface area contributed by atoms with E-state index in [0.717, 1.165) is 36.8 Å². The minimum absolute atomic E-state index is 0.179. The Bertz CT molecular complexity index is 910. The van der Waals surface area contributed by atoms with Crippen LogP contribution in [0.4, 0.5) is 0 Å². The minimum Gasteiger partial charge on any atom is -0.348 e. The molecule has 4 rings (SSSR count). The number of nitrogens with zero attached hydrogens (tertiary/aromatic N) is 3. The highest BCUT2D eigenvalue weighted by Crippen LogP contribution is 2.38. The molecule has 0 bridgehead atoms. The molecular formula is C27H35N3O2. The van der Waals surface area contributed by atoms with Crippen molar-refractivity contribution in [1.82, 2.24) is 14.8 Å². The molecule has 32 heavy (non-hydrogen) atoms. The van der Waals surface area contributed by atoms with Crippen molar-refractivity contribution >= 4 is 11.8 Å². The van der Waals surface area contributed by atoms with Crippen molar-refractivity contribution in [2.75, 3.05) is 27.2 Å². The van der Waals surface area contributed by atoms with Crippen molar-refractivity contribution in [2.24, 2.45) is 11.3 Å². The van der Waals surface area contributed by atoms with E-state index in [1.165, 1.54) is 24.8 Å². The summed E-state index contributed by atoms with van der Waals surface area (Å²) < 4.78 is 0. The highest BCUT2D eigenvalue weighted by atomic mass is 16.2. The number of carbonyl (C=O) groups is 2. The molecule has 5 nitrogen and oxygen atoms in total. The zero-order valence-electron chi connectivity index (χ0n) is 19.4. The number of hydrogen-bond donors (Lipinski definition) is 0. The largest absolute Gasteiger partial charge is 0.348 e. The second-order valence-corrected chi connectivity index (χ2v) is 9.76. The van der Waals surface area contributed by atoms with Gasteiger partial charge in [0.15, 0.2) is 0 Å². The number of pyridine rings is 1. The first-order valence-corrected chi connectivity index (χ1v) is 12.0. The summed E-state index contributed by atoms with van der Waals surface area (Å²) in [6.45, 7) is 1.37. The average Bonchev–Trinajstić information content (AvgIpc) is 2.85. The maximum Gasteiger partial charge on any atom is 0.228 e. The van der Waals surface area contributed by atoms with Gasteiger partial charge in [0.1, 0.15) is 0 Å². The number of carbonyl (C=O) groups excluding carboxylic acids is 2. The summed E-state index contributed by atoms with van der Waals surface area (Å²) in [6, 6.07) is 12.5. The van der Waals surface area contributed by atoms with Crippen molar-refractivity contribution in [2.45, 2.75) is 51.4 Å². The fourth-order valence-electron chi connectivity index (χ4n) is 5.44. The lowest BCUT2D eigenvalue weighted by molar-refractivity contribution is -0.148. The molecule has 0 radical (unpaired) electrons. The number of benzene rings is 1. The molecule has 1 aliphatic carbocycles. The van der Waals surface area contributed by atoms with Crippen LogP contribution in [0.25, 0.3) is 11.1 Å². The number of aromatic nitrogens is 1. The molecule has 0 spiro atoms. The molecular weight excluding hydrogens is 398 g/mol. The normalized spacial score (nSPS) is 18.9. The van der Waals surface area contributed by atoms with Gasteiger partial charge in [0.05, 0.1) is 5.41 Å². The van der Waals surface area contributed by atoms with E-state index in [1.807, 2.05) is 31.3 Å². The Hall–Kier alpha value is -2.69. The monoisotopic (exact) mass is 433 g/mol. The summed E-state index contributed by atoms with van der Waals surface area (Å²) in [4.78, 5) is 34.3. The lowest BCUT2D eigenvalue weighted by Gasteiger charge is -2.43. The van der Waals surface area contributed by atoms with E-state index < -0.39 is 5.41 Å². The topological polar surface area (TPSA) is 53.5 Å². The summed E-state index contributed by atoms with van der Waals surface area (Å²) in [6.07, 6.45) is 11.5. The van der Waals surface area contributed by atoms with E-state index in [0.29, 0.717) is 25.4 Å². The van der Waals surface area contributed by atoms with Gasteiger partial charge >= 0.3 is 0 Å². The van der Waals surface area contributed by atoms with E-state index >= 15 is 0 Å². The Morgan fingerprint density at radius 3 is 2.28 bits per heavy atom. The van der Waals surface area contributed by atoms with Crippen LogP contribution in [0, 0.1) is 11.3 Å². The van der Waals surface area contributed by atoms with Gasteiger partial charge in [-0.05, 0) is 54.9 Å². The Balaban J connectivity index is 1.47. The third kappa shape index (κ3) is 4.87. The summed E-state index contributed by atoms with van der Waals surface area (Å²) in [7, 11) is 3.68. The highest BCUT2D eigenvalue weighted by Gasteiger charge is 2.43. The van der Waals surface area contributed by atoms with Crippen LogP contribution < -0.4 is 0 Å². The third-order valence-electron chi connectivity index (χ3n) is 7.34. The lowest BCUT2D eigenvalue weighted by Crippen LogP contribution is -2.52. The van der Waals surface area contributed by atoms with Crippen molar-refractivity contribution < 1.29 is 9.59 Å². The molecule has 0 unspecified atom stereocenters. The first-order valence-electron chi connectivity index (χ1n) is 12.0. The lowest BCUT2D eigenvalue weighted by atomic mass is 9.72. The van der Waals surface area contributed by atoms with Gasteiger partial charge in [0.25, 0.3) is 0 Å². The van der Waals surface area contributed by atoms with Crippen LogP contribution in [-0.4, -0.2) is 53.8 Å². The number of piperidine rings is 1. The zero-order valence-corrected chi connectivity index (χ0v) is 19.4. The van der Waals surface area contributed by atoms with Gasteiger partial charge in [0, 0.05) is 45.5 Å². The van der Waals surface area contributed by atoms with Crippen LogP contribution in [0.2, 0.25) is 0 Å². The molecule has 1 aromatic carbocycles. The van der Waals surface area contributed by atoms with Crippen LogP contribution in [0.3, 0.4) is 0 Å². The molecule has 1 aromatic heterocycles. The summed E-state index contributed by atoms with van der Waals surface area (Å²) in [5, 5.41) is 0. The molecule has 170 valence electrons. The first-order chi connectivity index (χ1) is 15.5. The predicted molar refractivity (Wildman–Crippen MR) is 127 cm³/mol. The molecule has 2 aromatic rings. The van der Waals surface area contributed by atoms with Gasteiger partial charge in [-0.15, -0.1) is 0 Å². The van der Waals surface area contributed by atoms with Crippen LogP contribution >= 0.6 is 0 Å². The van der Waals surface area contributed by atoms with Crippen molar-refractivity contribution in [1.29, 1.82) is 0 Å².